The summed E-state index contributed by atoms with van der Waals surface area (Å²) in [6.45, 7) is 3.45. The molecule has 9 heteroatoms. The molecule has 8 nitrogen and oxygen atoms in total. The van der Waals surface area contributed by atoms with Crippen molar-refractivity contribution in [1.29, 1.82) is 0 Å². The summed E-state index contributed by atoms with van der Waals surface area (Å²) < 4.78 is 4.95. The molecule has 1 fully saturated rings. The average Bonchev–Trinajstić information content (AvgIpc) is 3.07. The van der Waals surface area contributed by atoms with Crippen molar-refractivity contribution in [2.75, 3.05) is 32.1 Å². The number of hydrogen-bond donors (Lipinski definition) is 1. The standard InChI is InChI=1S/C15H20N6O2S/c1-10-6-12(19-15-20-16-9-24-15)18-14(17-10)11-4-3-5-21(7-11)13(22)8-23-2/h6,9,11H,3-5,7-8H2,1-2H3,(H,17,18,19,20). The number of piperidine rings is 1. The van der Waals surface area contributed by atoms with Gasteiger partial charge in [-0.15, -0.1) is 10.2 Å². The van der Waals surface area contributed by atoms with Crippen molar-refractivity contribution in [3.8, 4) is 0 Å². The molecule has 1 atom stereocenters. The molecule has 1 aliphatic rings. The molecule has 1 aliphatic heterocycles. The molecule has 0 radical (unpaired) electrons. The SMILES string of the molecule is COCC(=O)N1CCCC(c2nc(C)cc(Nc3nncs3)n2)C1. The lowest BCUT2D eigenvalue weighted by Gasteiger charge is -2.32. The predicted molar refractivity (Wildman–Crippen MR) is 90.4 cm³/mol. The highest BCUT2D eigenvalue weighted by molar-refractivity contribution is 7.13. The van der Waals surface area contributed by atoms with Crippen LogP contribution in [0.25, 0.3) is 0 Å². The van der Waals surface area contributed by atoms with Gasteiger partial charge in [0.05, 0.1) is 0 Å². The lowest BCUT2D eigenvalue weighted by molar-refractivity contribution is -0.136. The van der Waals surface area contributed by atoms with E-state index in [0.29, 0.717) is 17.5 Å². The zero-order valence-corrected chi connectivity index (χ0v) is 14.5. The van der Waals surface area contributed by atoms with Crippen LogP contribution < -0.4 is 5.32 Å². The predicted octanol–water partition coefficient (Wildman–Crippen LogP) is 1.73. The monoisotopic (exact) mass is 348 g/mol. The molecular weight excluding hydrogens is 328 g/mol. The number of nitrogens with zero attached hydrogens (tertiary/aromatic N) is 5. The molecule has 0 bridgehead atoms. The van der Waals surface area contributed by atoms with Gasteiger partial charge in [0, 0.05) is 37.9 Å². The van der Waals surface area contributed by atoms with Gasteiger partial charge in [0.1, 0.15) is 23.8 Å². The van der Waals surface area contributed by atoms with Crippen LogP contribution in [0.4, 0.5) is 10.9 Å². The Kier molecular flexibility index (Phi) is 5.31. The van der Waals surface area contributed by atoms with Gasteiger partial charge in [-0.25, -0.2) is 9.97 Å². The third-order valence-corrected chi connectivity index (χ3v) is 4.48. The minimum Gasteiger partial charge on any atom is -0.375 e. The van der Waals surface area contributed by atoms with Crippen molar-refractivity contribution in [2.24, 2.45) is 0 Å². The molecule has 0 aliphatic carbocycles. The van der Waals surface area contributed by atoms with Crippen LogP contribution in [0.15, 0.2) is 11.6 Å². The maximum Gasteiger partial charge on any atom is 0.248 e. The van der Waals surface area contributed by atoms with Crippen LogP contribution in [0.2, 0.25) is 0 Å². The lowest BCUT2D eigenvalue weighted by atomic mass is 9.97. The quantitative estimate of drug-likeness (QED) is 0.879. The summed E-state index contributed by atoms with van der Waals surface area (Å²) in [6.07, 6.45) is 1.91. The van der Waals surface area contributed by atoms with Gasteiger partial charge in [-0.1, -0.05) is 11.3 Å². The molecular formula is C15H20N6O2S. The molecule has 2 aromatic heterocycles. The molecule has 3 rings (SSSR count). The Hall–Kier alpha value is -2.13. The summed E-state index contributed by atoms with van der Waals surface area (Å²) in [6, 6.07) is 1.88. The van der Waals surface area contributed by atoms with Gasteiger partial charge in [0.25, 0.3) is 0 Å². The van der Waals surface area contributed by atoms with Crippen LogP contribution in [0, 0.1) is 6.92 Å². The summed E-state index contributed by atoms with van der Waals surface area (Å²) in [4.78, 5) is 23.1. The smallest absolute Gasteiger partial charge is 0.248 e. The number of aromatic nitrogens is 4. The second-order valence-corrected chi connectivity index (χ2v) is 6.57. The third kappa shape index (κ3) is 4.04. The summed E-state index contributed by atoms with van der Waals surface area (Å²) in [5.74, 6) is 1.61. The summed E-state index contributed by atoms with van der Waals surface area (Å²) >= 11 is 1.41. The van der Waals surface area contributed by atoms with Gasteiger partial charge in [0.2, 0.25) is 11.0 Å². The number of carbonyl (C=O) groups is 1. The van der Waals surface area contributed by atoms with Gasteiger partial charge < -0.3 is 15.0 Å². The van der Waals surface area contributed by atoms with Crippen molar-refractivity contribution in [1.82, 2.24) is 25.1 Å². The number of ether oxygens (including phenoxy) is 1. The Labute approximate surface area is 144 Å². The van der Waals surface area contributed by atoms with Gasteiger partial charge >= 0.3 is 0 Å². The fraction of sp³-hybridized carbons (Fsp3) is 0.533. The van der Waals surface area contributed by atoms with Crippen molar-refractivity contribution in [3.63, 3.8) is 0 Å². The molecule has 0 saturated carbocycles. The lowest BCUT2D eigenvalue weighted by Crippen LogP contribution is -2.41. The highest BCUT2D eigenvalue weighted by Crippen LogP contribution is 2.26. The number of methoxy groups -OCH3 is 1. The fourth-order valence-corrected chi connectivity index (χ4v) is 3.26. The second-order valence-electron chi connectivity index (χ2n) is 5.73. The van der Waals surface area contributed by atoms with E-state index in [-0.39, 0.29) is 18.4 Å². The Morgan fingerprint density at radius 1 is 1.50 bits per heavy atom. The average molecular weight is 348 g/mol. The number of nitrogens with one attached hydrogen (secondary N) is 1. The van der Waals surface area contributed by atoms with E-state index in [1.807, 2.05) is 17.9 Å². The van der Waals surface area contributed by atoms with E-state index in [1.165, 1.54) is 18.4 Å². The first-order valence-electron chi connectivity index (χ1n) is 7.81. The van der Waals surface area contributed by atoms with Crippen molar-refractivity contribution in [2.45, 2.75) is 25.7 Å². The second kappa shape index (κ2) is 7.63. The van der Waals surface area contributed by atoms with Gasteiger partial charge in [-0.2, -0.15) is 0 Å². The number of carbonyl (C=O) groups excluding carboxylic acids is 1. The number of likely N-dealkylation sites (tertiary alicyclic amines) is 1. The normalized spacial score (nSPS) is 17.8. The maximum absolute atomic E-state index is 12.1. The van der Waals surface area contributed by atoms with Crippen LogP contribution in [0.3, 0.4) is 0 Å². The molecule has 3 heterocycles. The Morgan fingerprint density at radius 2 is 2.38 bits per heavy atom. The molecule has 1 saturated heterocycles. The minimum atomic E-state index is 0.0158. The van der Waals surface area contributed by atoms with Crippen molar-refractivity contribution in [3.05, 3.63) is 23.1 Å². The van der Waals surface area contributed by atoms with E-state index in [2.05, 4.69) is 25.5 Å². The first kappa shape index (κ1) is 16.7. The maximum atomic E-state index is 12.1. The van der Waals surface area contributed by atoms with Crippen LogP contribution in [-0.2, 0) is 9.53 Å². The third-order valence-electron chi connectivity index (χ3n) is 3.87. The highest BCUT2D eigenvalue weighted by Gasteiger charge is 2.26. The van der Waals surface area contributed by atoms with Crippen LogP contribution >= 0.6 is 11.3 Å². The molecule has 1 N–H and O–H groups in total. The van der Waals surface area contributed by atoms with E-state index in [4.69, 9.17) is 4.74 Å². The van der Waals surface area contributed by atoms with Crippen LogP contribution in [0.5, 0.6) is 0 Å². The summed E-state index contributed by atoms with van der Waals surface area (Å²) in [5.41, 5.74) is 2.55. The molecule has 24 heavy (non-hydrogen) atoms. The Bertz CT molecular complexity index is 693. The first-order chi connectivity index (χ1) is 11.7. The zero-order chi connectivity index (χ0) is 16.9. The Morgan fingerprint density at radius 3 is 3.12 bits per heavy atom. The molecule has 1 amide bonds. The largest absolute Gasteiger partial charge is 0.375 e. The first-order valence-corrected chi connectivity index (χ1v) is 8.69. The van der Waals surface area contributed by atoms with Crippen molar-refractivity contribution >= 4 is 28.2 Å². The van der Waals surface area contributed by atoms with E-state index in [9.17, 15) is 4.79 Å². The molecule has 128 valence electrons. The summed E-state index contributed by atoms with van der Waals surface area (Å²) in [7, 11) is 1.54. The molecule has 2 aromatic rings. The molecule has 0 aromatic carbocycles. The molecule has 0 spiro atoms. The van der Waals surface area contributed by atoms with E-state index >= 15 is 0 Å². The number of aryl methyl sites for hydroxylation is 1. The summed E-state index contributed by atoms with van der Waals surface area (Å²) in [5, 5.41) is 11.6. The van der Waals surface area contributed by atoms with Crippen LogP contribution in [0.1, 0.15) is 30.3 Å². The number of amides is 1. The van der Waals surface area contributed by atoms with Crippen LogP contribution in [-0.4, -0.2) is 57.8 Å². The Balaban J connectivity index is 1.75. The molecule has 1 unspecified atom stereocenters. The van der Waals surface area contributed by atoms with E-state index in [1.54, 1.807) is 5.51 Å². The van der Waals surface area contributed by atoms with E-state index in [0.717, 1.165) is 30.9 Å². The number of rotatable bonds is 5. The van der Waals surface area contributed by atoms with E-state index < -0.39 is 0 Å². The zero-order valence-electron chi connectivity index (χ0n) is 13.7. The number of hydrogen-bond acceptors (Lipinski definition) is 8. The van der Waals surface area contributed by atoms with Gasteiger partial charge in [-0.05, 0) is 19.8 Å². The van der Waals surface area contributed by atoms with Crippen molar-refractivity contribution < 1.29 is 9.53 Å². The number of anilines is 2. The minimum absolute atomic E-state index is 0.0158. The topological polar surface area (TPSA) is 93.1 Å². The highest BCUT2D eigenvalue weighted by atomic mass is 32.1. The van der Waals surface area contributed by atoms with Gasteiger partial charge in [0.15, 0.2) is 0 Å². The van der Waals surface area contributed by atoms with Gasteiger partial charge in [-0.3, -0.25) is 4.79 Å². The fourth-order valence-electron chi connectivity index (χ4n) is 2.80.